The molecule has 1 fully saturated rings. The van der Waals surface area contributed by atoms with E-state index in [9.17, 15) is 0 Å². The number of nitrogens with zero attached hydrogens (tertiary/aromatic N) is 3. The predicted octanol–water partition coefficient (Wildman–Crippen LogP) is 1.61. The van der Waals surface area contributed by atoms with Crippen LogP contribution in [-0.4, -0.2) is 23.1 Å². The Labute approximate surface area is 90.5 Å². The highest BCUT2D eigenvalue weighted by atomic mass is 15.2. The third-order valence-electron chi connectivity index (χ3n) is 3.27. The first-order valence-corrected chi connectivity index (χ1v) is 5.56. The van der Waals surface area contributed by atoms with Crippen LogP contribution in [0.2, 0.25) is 0 Å². The van der Waals surface area contributed by atoms with Crippen molar-refractivity contribution in [3.8, 4) is 0 Å². The Bertz CT molecular complexity index is 346. The summed E-state index contributed by atoms with van der Waals surface area (Å²) in [4.78, 5) is 10.6. The Hall–Kier alpha value is -1.32. The number of hydrogen-bond donors (Lipinski definition) is 1. The molecular weight excluding hydrogens is 188 g/mol. The molecule has 1 aliphatic carbocycles. The van der Waals surface area contributed by atoms with Crippen molar-refractivity contribution in [1.82, 2.24) is 9.97 Å². The molecule has 4 heteroatoms. The summed E-state index contributed by atoms with van der Waals surface area (Å²) in [6.45, 7) is 2.09. The zero-order chi connectivity index (χ0) is 10.8. The number of nitrogen functional groups attached to an aromatic ring is 1. The van der Waals surface area contributed by atoms with E-state index in [4.69, 9.17) is 5.73 Å². The van der Waals surface area contributed by atoms with Gasteiger partial charge in [0.1, 0.15) is 18.0 Å². The highest BCUT2D eigenvalue weighted by Crippen LogP contribution is 2.30. The maximum absolute atomic E-state index is 5.85. The fourth-order valence-corrected chi connectivity index (χ4v) is 2.01. The smallest absolute Gasteiger partial charge is 0.137 e. The van der Waals surface area contributed by atoms with E-state index in [1.807, 2.05) is 0 Å². The van der Waals surface area contributed by atoms with Crippen LogP contribution in [0.4, 0.5) is 11.6 Å². The van der Waals surface area contributed by atoms with E-state index >= 15 is 0 Å². The fourth-order valence-electron chi connectivity index (χ4n) is 2.01. The lowest BCUT2D eigenvalue weighted by molar-refractivity contribution is 0.398. The second-order valence-electron chi connectivity index (χ2n) is 4.11. The van der Waals surface area contributed by atoms with Crippen molar-refractivity contribution in [3.05, 3.63) is 11.9 Å². The Morgan fingerprint density at radius 3 is 2.73 bits per heavy atom. The molecule has 82 valence electrons. The van der Waals surface area contributed by atoms with Crippen molar-refractivity contribution >= 4 is 11.6 Å². The maximum atomic E-state index is 5.85. The molecule has 0 spiro atoms. The van der Waals surface area contributed by atoms with Gasteiger partial charge in [-0.1, -0.05) is 6.92 Å². The summed E-state index contributed by atoms with van der Waals surface area (Å²) in [5, 5.41) is 0. The average molecular weight is 206 g/mol. The Balaban J connectivity index is 2.29. The highest BCUT2D eigenvalue weighted by molar-refractivity contribution is 5.56. The third kappa shape index (κ3) is 1.76. The maximum Gasteiger partial charge on any atom is 0.137 e. The topological polar surface area (TPSA) is 55.0 Å². The summed E-state index contributed by atoms with van der Waals surface area (Å²) in [5.74, 6) is 1.63. The van der Waals surface area contributed by atoms with Crippen LogP contribution in [0.25, 0.3) is 0 Å². The molecular formula is C11H18N4. The molecule has 0 bridgehead atoms. The molecule has 0 saturated heterocycles. The summed E-state index contributed by atoms with van der Waals surface area (Å²) in [5.41, 5.74) is 6.93. The SMILES string of the molecule is CCc1c(N)ncnc1N(C)C1CCC1. The molecule has 1 saturated carbocycles. The second-order valence-corrected chi connectivity index (χ2v) is 4.11. The van der Waals surface area contributed by atoms with Gasteiger partial charge in [0, 0.05) is 18.7 Å². The third-order valence-corrected chi connectivity index (χ3v) is 3.27. The number of hydrogen-bond acceptors (Lipinski definition) is 4. The van der Waals surface area contributed by atoms with Gasteiger partial charge in [-0.3, -0.25) is 0 Å². The number of nitrogens with two attached hydrogens (primary N) is 1. The minimum Gasteiger partial charge on any atom is -0.383 e. The van der Waals surface area contributed by atoms with Crippen molar-refractivity contribution < 1.29 is 0 Å². The molecule has 0 unspecified atom stereocenters. The summed E-state index contributed by atoms with van der Waals surface area (Å²) >= 11 is 0. The summed E-state index contributed by atoms with van der Waals surface area (Å²) in [6.07, 6.45) is 6.31. The lowest BCUT2D eigenvalue weighted by atomic mass is 9.91. The van der Waals surface area contributed by atoms with E-state index in [2.05, 4.69) is 28.8 Å². The highest BCUT2D eigenvalue weighted by Gasteiger charge is 2.24. The molecule has 2 N–H and O–H groups in total. The molecule has 2 rings (SSSR count). The van der Waals surface area contributed by atoms with Gasteiger partial charge in [0.05, 0.1) is 0 Å². The van der Waals surface area contributed by atoms with Crippen LogP contribution in [0.3, 0.4) is 0 Å². The second kappa shape index (κ2) is 4.04. The van der Waals surface area contributed by atoms with Gasteiger partial charge in [-0.15, -0.1) is 0 Å². The number of rotatable bonds is 3. The van der Waals surface area contributed by atoms with Crippen molar-refractivity contribution in [1.29, 1.82) is 0 Å². The summed E-state index contributed by atoms with van der Waals surface area (Å²) < 4.78 is 0. The van der Waals surface area contributed by atoms with Gasteiger partial charge < -0.3 is 10.6 Å². The van der Waals surface area contributed by atoms with Gasteiger partial charge in [0.25, 0.3) is 0 Å². The van der Waals surface area contributed by atoms with Gasteiger partial charge in [0.2, 0.25) is 0 Å². The largest absolute Gasteiger partial charge is 0.383 e. The molecule has 0 radical (unpaired) electrons. The summed E-state index contributed by atoms with van der Waals surface area (Å²) in [6, 6.07) is 0.643. The molecule has 1 aromatic heterocycles. The standard InChI is InChI=1S/C11H18N4/c1-3-9-10(12)13-7-14-11(9)15(2)8-5-4-6-8/h7-8H,3-6H2,1-2H3,(H2,12,13,14). The normalized spacial score (nSPS) is 16.1. The van der Waals surface area contributed by atoms with E-state index in [1.165, 1.54) is 19.3 Å². The van der Waals surface area contributed by atoms with Crippen molar-refractivity contribution in [2.75, 3.05) is 17.7 Å². The monoisotopic (exact) mass is 206 g/mol. The lowest BCUT2D eigenvalue weighted by Gasteiger charge is -2.36. The minimum absolute atomic E-state index is 0.619. The quantitative estimate of drug-likeness (QED) is 0.816. The number of anilines is 2. The average Bonchev–Trinajstić information content (AvgIpc) is 2.14. The van der Waals surface area contributed by atoms with Gasteiger partial charge in [-0.05, 0) is 25.7 Å². The molecule has 0 aliphatic heterocycles. The molecule has 0 atom stereocenters. The first-order chi connectivity index (χ1) is 7.24. The Morgan fingerprint density at radius 2 is 2.20 bits per heavy atom. The van der Waals surface area contributed by atoms with E-state index in [0.29, 0.717) is 11.9 Å². The predicted molar refractivity (Wildman–Crippen MR) is 61.9 cm³/mol. The van der Waals surface area contributed by atoms with Crippen molar-refractivity contribution in [2.45, 2.75) is 38.6 Å². The van der Waals surface area contributed by atoms with Crippen LogP contribution in [0.5, 0.6) is 0 Å². The minimum atomic E-state index is 0.619. The molecule has 0 amide bonds. The fraction of sp³-hybridized carbons (Fsp3) is 0.636. The van der Waals surface area contributed by atoms with Crippen LogP contribution in [-0.2, 0) is 6.42 Å². The van der Waals surface area contributed by atoms with E-state index in [-0.39, 0.29) is 0 Å². The zero-order valence-electron chi connectivity index (χ0n) is 9.40. The Morgan fingerprint density at radius 1 is 1.47 bits per heavy atom. The van der Waals surface area contributed by atoms with Gasteiger partial charge in [0.15, 0.2) is 0 Å². The van der Waals surface area contributed by atoms with Crippen LogP contribution in [0.1, 0.15) is 31.7 Å². The zero-order valence-corrected chi connectivity index (χ0v) is 9.40. The van der Waals surface area contributed by atoms with Gasteiger partial charge in [-0.2, -0.15) is 0 Å². The van der Waals surface area contributed by atoms with E-state index in [0.717, 1.165) is 17.8 Å². The van der Waals surface area contributed by atoms with Crippen LogP contribution in [0.15, 0.2) is 6.33 Å². The summed E-state index contributed by atoms with van der Waals surface area (Å²) in [7, 11) is 2.10. The molecule has 1 aromatic rings. The lowest BCUT2D eigenvalue weighted by Crippen LogP contribution is -2.38. The Kier molecular flexibility index (Phi) is 2.75. The molecule has 1 aliphatic rings. The molecule has 4 nitrogen and oxygen atoms in total. The molecule has 15 heavy (non-hydrogen) atoms. The van der Waals surface area contributed by atoms with Crippen molar-refractivity contribution in [3.63, 3.8) is 0 Å². The van der Waals surface area contributed by atoms with E-state index < -0.39 is 0 Å². The number of aromatic nitrogens is 2. The molecule has 0 aromatic carbocycles. The van der Waals surface area contributed by atoms with Crippen LogP contribution < -0.4 is 10.6 Å². The van der Waals surface area contributed by atoms with Gasteiger partial charge in [-0.25, -0.2) is 9.97 Å². The van der Waals surface area contributed by atoms with Crippen LogP contribution >= 0.6 is 0 Å². The first kappa shape index (κ1) is 10.2. The van der Waals surface area contributed by atoms with Gasteiger partial charge >= 0.3 is 0 Å². The van der Waals surface area contributed by atoms with E-state index in [1.54, 1.807) is 6.33 Å². The first-order valence-electron chi connectivity index (χ1n) is 5.56. The van der Waals surface area contributed by atoms with Crippen molar-refractivity contribution in [2.24, 2.45) is 0 Å². The molecule has 1 heterocycles. The van der Waals surface area contributed by atoms with Crippen LogP contribution in [0, 0.1) is 0 Å².